The summed E-state index contributed by atoms with van der Waals surface area (Å²) >= 11 is 0. The highest BCUT2D eigenvalue weighted by molar-refractivity contribution is 5.94. The highest BCUT2D eigenvalue weighted by Crippen LogP contribution is 2.30. The molecular formula is C19H19NO4. The van der Waals surface area contributed by atoms with Crippen LogP contribution in [0.25, 0.3) is 0 Å². The van der Waals surface area contributed by atoms with E-state index in [9.17, 15) is 4.79 Å². The van der Waals surface area contributed by atoms with Crippen molar-refractivity contribution in [3.05, 3.63) is 66.2 Å². The van der Waals surface area contributed by atoms with E-state index in [0.717, 1.165) is 11.3 Å². The van der Waals surface area contributed by atoms with Crippen molar-refractivity contribution in [2.45, 2.75) is 18.4 Å². The van der Waals surface area contributed by atoms with Crippen LogP contribution in [-0.4, -0.2) is 31.0 Å². The van der Waals surface area contributed by atoms with Gasteiger partial charge in [0.05, 0.1) is 12.8 Å². The Morgan fingerprint density at radius 2 is 1.79 bits per heavy atom. The normalized spacial score (nSPS) is 19.3. The molecule has 124 valence electrons. The Morgan fingerprint density at radius 1 is 1.12 bits per heavy atom. The number of hydrogen-bond donors (Lipinski definition) is 0. The monoisotopic (exact) mass is 325 g/mol. The fourth-order valence-electron chi connectivity index (χ4n) is 2.69. The molecule has 0 spiro atoms. The van der Waals surface area contributed by atoms with Crippen LogP contribution in [0.15, 0.2) is 65.8 Å². The largest absolute Gasteiger partial charge is 0.488 e. The van der Waals surface area contributed by atoms with Gasteiger partial charge in [-0.3, -0.25) is 0 Å². The molecule has 1 unspecified atom stereocenters. The molecule has 0 N–H and O–H groups in total. The molecule has 3 rings (SSSR count). The van der Waals surface area contributed by atoms with Crippen molar-refractivity contribution in [3.63, 3.8) is 0 Å². The number of esters is 1. The number of benzene rings is 2. The third-order valence-electron chi connectivity index (χ3n) is 3.88. The van der Waals surface area contributed by atoms with Gasteiger partial charge in [0, 0.05) is 12.8 Å². The molecule has 0 saturated carbocycles. The second-order valence-corrected chi connectivity index (χ2v) is 5.68. The molecule has 1 atom stereocenters. The molecule has 0 radical (unpaired) electrons. The van der Waals surface area contributed by atoms with Crippen molar-refractivity contribution in [2.24, 2.45) is 5.16 Å². The van der Waals surface area contributed by atoms with E-state index in [1.807, 2.05) is 60.7 Å². The maximum atomic E-state index is 12.3. The van der Waals surface area contributed by atoms with Crippen LogP contribution < -0.4 is 4.74 Å². The van der Waals surface area contributed by atoms with Crippen LogP contribution >= 0.6 is 0 Å². The molecule has 0 aromatic heterocycles. The molecule has 2 aromatic carbocycles. The summed E-state index contributed by atoms with van der Waals surface area (Å²) in [5.74, 6) is 0.323. The lowest BCUT2D eigenvalue weighted by molar-refractivity contribution is -0.166. The minimum atomic E-state index is -1.12. The fraction of sp³-hybridized carbons (Fsp3) is 0.263. The van der Waals surface area contributed by atoms with Gasteiger partial charge in [-0.05, 0) is 17.7 Å². The minimum absolute atomic E-state index is 0.275. The number of hydrogen-bond acceptors (Lipinski definition) is 5. The van der Waals surface area contributed by atoms with E-state index in [0.29, 0.717) is 18.6 Å². The van der Waals surface area contributed by atoms with Crippen LogP contribution in [0.1, 0.15) is 12.0 Å². The number of para-hydroxylation sites is 1. The SMILES string of the molecule is COC(=O)C1(Cc2ccccc2)CC(COc2ccccc2)=NO1. The van der Waals surface area contributed by atoms with Crippen LogP contribution in [0.5, 0.6) is 5.75 Å². The average Bonchev–Trinajstić information content (AvgIpc) is 3.05. The third-order valence-corrected chi connectivity index (χ3v) is 3.88. The van der Waals surface area contributed by atoms with Gasteiger partial charge < -0.3 is 14.3 Å². The van der Waals surface area contributed by atoms with Crippen molar-refractivity contribution < 1.29 is 19.1 Å². The predicted octanol–water partition coefficient (Wildman–Crippen LogP) is 3.00. The van der Waals surface area contributed by atoms with Crippen molar-refractivity contribution >= 4 is 11.7 Å². The molecule has 5 heteroatoms. The van der Waals surface area contributed by atoms with E-state index in [4.69, 9.17) is 14.3 Å². The zero-order chi connectivity index (χ0) is 16.8. The van der Waals surface area contributed by atoms with Crippen molar-refractivity contribution in [1.29, 1.82) is 0 Å². The van der Waals surface area contributed by atoms with Gasteiger partial charge in [-0.15, -0.1) is 0 Å². The second-order valence-electron chi connectivity index (χ2n) is 5.68. The molecule has 1 heterocycles. The number of oxime groups is 1. The number of carbonyl (C=O) groups excluding carboxylic acids is 1. The van der Waals surface area contributed by atoms with Gasteiger partial charge in [0.25, 0.3) is 0 Å². The number of methoxy groups -OCH3 is 1. The Bertz CT molecular complexity index is 715. The molecule has 0 bridgehead atoms. The summed E-state index contributed by atoms with van der Waals surface area (Å²) in [6.07, 6.45) is 0.750. The van der Waals surface area contributed by atoms with Crippen molar-refractivity contribution in [3.8, 4) is 5.75 Å². The zero-order valence-electron chi connectivity index (χ0n) is 13.5. The topological polar surface area (TPSA) is 57.1 Å². The van der Waals surface area contributed by atoms with E-state index in [1.165, 1.54) is 7.11 Å². The average molecular weight is 325 g/mol. The number of carbonyl (C=O) groups is 1. The Labute approximate surface area is 140 Å². The lowest BCUT2D eigenvalue weighted by Crippen LogP contribution is -2.42. The lowest BCUT2D eigenvalue weighted by Gasteiger charge is -2.23. The van der Waals surface area contributed by atoms with E-state index in [-0.39, 0.29) is 6.61 Å². The Kier molecular flexibility index (Phi) is 4.79. The Hall–Kier alpha value is -2.82. The fourth-order valence-corrected chi connectivity index (χ4v) is 2.69. The number of rotatable bonds is 6. The molecule has 24 heavy (non-hydrogen) atoms. The van der Waals surface area contributed by atoms with E-state index >= 15 is 0 Å². The van der Waals surface area contributed by atoms with Gasteiger partial charge in [0.2, 0.25) is 5.60 Å². The predicted molar refractivity (Wildman–Crippen MR) is 90.0 cm³/mol. The molecule has 0 saturated heterocycles. The summed E-state index contributed by atoms with van der Waals surface area (Å²) in [6, 6.07) is 19.1. The first-order valence-corrected chi connectivity index (χ1v) is 7.76. The van der Waals surface area contributed by atoms with E-state index in [1.54, 1.807) is 0 Å². The summed E-state index contributed by atoms with van der Waals surface area (Å²) in [5, 5.41) is 4.06. The van der Waals surface area contributed by atoms with Gasteiger partial charge in [0.15, 0.2) is 0 Å². The first kappa shape index (κ1) is 16.1. The van der Waals surface area contributed by atoms with Crippen LogP contribution in [0.3, 0.4) is 0 Å². The maximum absolute atomic E-state index is 12.3. The highest BCUT2D eigenvalue weighted by atomic mass is 16.7. The summed E-state index contributed by atoms with van der Waals surface area (Å²) in [5.41, 5.74) is 0.550. The number of nitrogens with zero attached hydrogens (tertiary/aromatic N) is 1. The van der Waals surface area contributed by atoms with Gasteiger partial charge in [-0.25, -0.2) is 4.79 Å². The summed E-state index contributed by atoms with van der Waals surface area (Å²) in [6.45, 7) is 0.275. The first-order chi connectivity index (χ1) is 11.7. The van der Waals surface area contributed by atoms with Gasteiger partial charge in [0.1, 0.15) is 12.4 Å². The highest BCUT2D eigenvalue weighted by Gasteiger charge is 2.47. The third kappa shape index (κ3) is 3.56. The maximum Gasteiger partial charge on any atom is 0.353 e. The zero-order valence-corrected chi connectivity index (χ0v) is 13.5. The van der Waals surface area contributed by atoms with Crippen LogP contribution in [0.2, 0.25) is 0 Å². The van der Waals surface area contributed by atoms with Crippen molar-refractivity contribution in [2.75, 3.05) is 13.7 Å². The Morgan fingerprint density at radius 3 is 2.46 bits per heavy atom. The lowest BCUT2D eigenvalue weighted by atomic mass is 9.90. The quantitative estimate of drug-likeness (QED) is 0.766. The van der Waals surface area contributed by atoms with Gasteiger partial charge >= 0.3 is 5.97 Å². The van der Waals surface area contributed by atoms with E-state index in [2.05, 4.69) is 5.16 Å². The molecule has 0 aliphatic carbocycles. The van der Waals surface area contributed by atoms with Crippen LogP contribution in [0.4, 0.5) is 0 Å². The molecule has 0 fully saturated rings. The number of ether oxygens (including phenoxy) is 2. The molecule has 1 aliphatic heterocycles. The molecule has 0 amide bonds. The van der Waals surface area contributed by atoms with Crippen molar-refractivity contribution in [1.82, 2.24) is 0 Å². The molecule has 1 aliphatic rings. The summed E-state index contributed by atoms with van der Waals surface area (Å²) < 4.78 is 10.6. The Balaban J connectivity index is 1.68. The van der Waals surface area contributed by atoms with Crippen LogP contribution in [-0.2, 0) is 20.8 Å². The smallest absolute Gasteiger partial charge is 0.353 e. The van der Waals surface area contributed by atoms with E-state index < -0.39 is 11.6 Å². The summed E-state index contributed by atoms with van der Waals surface area (Å²) in [7, 11) is 1.36. The minimum Gasteiger partial charge on any atom is -0.488 e. The van der Waals surface area contributed by atoms with Gasteiger partial charge in [-0.1, -0.05) is 53.7 Å². The first-order valence-electron chi connectivity index (χ1n) is 7.76. The molecular weight excluding hydrogens is 306 g/mol. The summed E-state index contributed by atoms with van der Waals surface area (Å²) in [4.78, 5) is 17.8. The second kappa shape index (κ2) is 7.17. The van der Waals surface area contributed by atoms with Crippen LogP contribution in [0, 0.1) is 0 Å². The molecule has 5 nitrogen and oxygen atoms in total. The standard InChI is InChI=1S/C19H19NO4/c1-22-18(21)19(12-15-8-4-2-5-9-15)13-16(20-24-19)14-23-17-10-6-3-7-11-17/h2-11H,12-14H2,1H3. The van der Waals surface area contributed by atoms with Gasteiger partial charge in [-0.2, -0.15) is 0 Å². The molecule has 2 aromatic rings.